The van der Waals surface area contributed by atoms with E-state index in [0.717, 1.165) is 11.3 Å². The topological polar surface area (TPSA) is 74.8 Å². The van der Waals surface area contributed by atoms with Crippen LogP contribution >= 0.6 is 0 Å². The highest BCUT2D eigenvalue weighted by Gasteiger charge is 2.41. The van der Waals surface area contributed by atoms with Crippen molar-refractivity contribution in [2.75, 3.05) is 24.5 Å². The fraction of sp³-hybridized carbons (Fsp3) is 0.364. The summed E-state index contributed by atoms with van der Waals surface area (Å²) in [6.07, 6.45) is 0.588. The average molecular weight is 413 g/mol. The van der Waals surface area contributed by atoms with Gasteiger partial charge in [-0.3, -0.25) is 9.59 Å². The van der Waals surface area contributed by atoms with Crippen LogP contribution in [0.25, 0.3) is 0 Å². The van der Waals surface area contributed by atoms with Crippen LogP contribution in [0.15, 0.2) is 59.5 Å². The summed E-state index contributed by atoms with van der Waals surface area (Å²) in [6.45, 7) is 2.92. The number of carbonyl (C=O) groups is 2. The molecule has 0 saturated carbocycles. The number of nitrogens with zero attached hydrogens (tertiary/aromatic N) is 2. The van der Waals surface area contributed by atoms with Gasteiger partial charge in [-0.15, -0.1) is 0 Å². The van der Waals surface area contributed by atoms with Crippen LogP contribution in [0.5, 0.6) is 0 Å². The number of hydrogen-bond donors (Lipinski definition) is 0. The summed E-state index contributed by atoms with van der Waals surface area (Å²) in [7, 11) is -3.47. The molecule has 2 aliphatic rings. The van der Waals surface area contributed by atoms with Crippen molar-refractivity contribution in [2.45, 2.75) is 29.9 Å². The van der Waals surface area contributed by atoms with Crippen LogP contribution < -0.4 is 4.90 Å². The van der Waals surface area contributed by atoms with E-state index in [1.807, 2.05) is 31.2 Å². The molecule has 152 valence electrons. The van der Waals surface area contributed by atoms with Gasteiger partial charge in [0.2, 0.25) is 11.8 Å². The summed E-state index contributed by atoms with van der Waals surface area (Å²) < 4.78 is 25.7. The summed E-state index contributed by atoms with van der Waals surface area (Å²) in [5, 5.41) is -0.598. The van der Waals surface area contributed by atoms with Crippen molar-refractivity contribution in [3.05, 3.63) is 60.2 Å². The van der Waals surface area contributed by atoms with Crippen molar-refractivity contribution >= 4 is 27.3 Å². The fourth-order valence-electron chi connectivity index (χ4n) is 4.09. The Morgan fingerprint density at radius 2 is 1.69 bits per heavy atom. The van der Waals surface area contributed by atoms with Gasteiger partial charge in [0.1, 0.15) is 0 Å². The third-order valence-electron chi connectivity index (χ3n) is 5.79. The lowest BCUT2D eigenvalue weighted by molar-refractivity contribution is -0.134. The molecular formula is C22H24N2O4S. The van der Waals surface area contributed by atoms with Crippen molar-refractivity contribution in [3.63, 3.8) is 0 Å². The monoisotopic (exact) mass is 412 g/mol. The van der Waals surface area contributed by atoms with Crippen molar-refractivity contribution in [3.8, 4) is 0 Å². The van der Waals surface area contributed by atoms with Gasteiger partial charge < -0.3 is 9.80 Å². The molecule has 2 aliphatic heterocycles. The molecule has 2 aromatic rings. The van der Waals surface area contributed by atoms with Crippen LogP contribution in [-0.2, 0) is 19.4 Å². The standard InChI is InChI=1S/C22H24N2O4S/c1-16-7-9-18(10-8-16)24-14-17(13-21(24)25)22(26)23-12-11-20(15-23)29(27,28)19-5-3-2-4-6-19/h2-10,17,20H,11-15H2,1H3. The summed E-state index contributed by atoms with van der Waals surface area (Å²) in [5.74, 6) is -0.624. The zero-order chi connectivity index (χ0) is 20.6. The fourth-order valence-corrected chi connectivity index (χ4v) is 5.80. The smallest absolute Gasteiger partial charge is 0.228 e. The number of aryl methyl sites for hydroxylation is 1. The largest absolute Gasteiger partial charge is 0.341 e. The molecule has 2 saturated heterocycles. The normalized spacial score (nSPS) is 22.3. The van der Waals surface area contributed by atoms with Gasteiger partial charge in [0, 0.05) is 31.7 Å². The molecule has 29 heavy (non-hydrogen) atoms. The van der Waals surface area contributed by atoms with Crippen LogP contribution in [0.2, 0.25) is 0 Å². The Labute approximate surface area is 171 Å². The van der Waals surface area contributed by atoms with Gasteiger partial charge in [-0.1, -0.05) is 35.9 Å². The van der Waals surface area contributed by atoms with Gasteiger partial charge in [-0.25, -0.2) is 8.42 Å². The van der Waals surface area contributed by atoms with E-state index in [1.165, 1.54) is 0 Å². The number of rotatable bonds is 4. The minimum atomic E-state index is -3.47. The van der Waals surface area contributed by atoms with Gasteiger partial charge in [-0.2, -0.15) is 0 Å². The van der Waals surface area contributed by atoms with Crippen LogP contribution in [0.1, 0.15) is 18.4 Å². The molecule has 2 heterocycles. The van der Waals surface area contributed by atoms with E-state index in [1.54, 1.807) is 40.1 Å². The Morgan fingerprint density at radius 1 is 1.00 bits per heavy atom. The summed E-state index contributed by atoms with van der Waals surface area (Å²) in [6, 6.07) is 16.0. The zero-order valence-electron chi connectivity index (χ0n) is 16.3. The highest BCUT2D eigenvalue weighted by molar-refractivity contribution is 7.92. The first kappa shape index (κ1) is 19.6. The molecule has 0 aromatic heterocycles. The summed E-state index contributed by atoms with van der Waals surface area (Å²) in [5.41, 5.74) is 1.90. The van der Waals surface area contributed by atoms with Gasteiger partial charge in [0.25, 0.3) is 0 Å². The number of likely N-dealkylation sites (tertiary alicyclic amines) is 1. The lowest BCUT2D eigenvalue weighted by Gasteiger charge is -2.21. The lowest BCUT2D eigenvalue weighted by atomic mass is 10.1. The average Bonchev–Trinajstić information content (AvgIpc) is 3.36. The molecule has 2 amide bonds. The number of benzene rings is 2. The first-order valence-electron chi connectivity index (χ1n) is 9.81. The van der Waals surface area contributed by atoms with Crippen molar-refractivity contribution in [1.82, 2.24) is 4.90 Å². The van der Waals surface area contributed by atoms with Gasteiger partial charge in [0.05, 0.1) is 16.1 Å². The summed E-state index contributed by atoms with van der Waals surface area (Å²) in [4.78, 5) is 29.0. The predicted molar refractivity (Wildman–Crippen MR) is 110 cm³/mol. The van der Waals surface area contributed by atoms with E-state index in [-0.39, 0.29) is 24.8 Å². The van der Waals surface area contributed by atoms with E-state index in [0.29, 0.717) is 24.4 Å². The second kappa shape index (κ2) is 7.63. The molecule has 0 spiro atoms. The first-order valence-corrected chi connectivity index (χ1v) is 11.4. The van der Waals surface area contributed by atoms with E-state index in [9.17, 15) is 18.0 Å². The van der Waals surface area contributed by atoms with Crippen molar-refractivity contribution in [1.29, 1.82) is 0 Å². The second-order valence-electron chi connectivity index (χ2n) is 7.79. The number of carbonyl (C=O) groups excluding carboxylic acids is 2. The molecule has 6 nitrogen and oxygen atoms in total. The molecule has 0 radical (unpaired) electrons. The Bertz CT molecular complexity index is 1020. The Balaban J connectivity index is 1.43. The first-order chi connectivity index (χ1) is 13.9. The van der Waals surface area contributed by atoms with E-state index >= 15 is 0 Å². The molecule has 2 fully saturated rings. The van der Waals surface area contributed by atoms with Crippen LogP contribution in [0.4, 0.5) is 5.69 Å². The molecular weight excluding hydrogens is 388 g/mol. The van der Waals surface area contributed by atoms with E-state index < -0.39 is 21.0 Å². The maximum absolute atomic E-state index is 13.0. The Morgan fingerprint density at radius 3 is 2.38 bits per heavy atom. The molecule has 0 N–H and O–H groups in total. The number of anilines is 1. The molecule has 2 aromatic carbocycles. The predicted octanol–water partition coefficient (Wildman–Crippen LogP) is 2.42. The van der Waals surface area contributed by atoms with Gasteiger partial charge >= 0.3 is 0 Å². The minimum absolute atomic E-state index is 0.0696. The minimum Gasteiger partial charge on any atom is -0.341 e. The SMILES string of the molecule is Cc1ccc(N2CC(C(=O)N3CCC(S(=O)(=O)c4ccccc4)C3)CC2=O)cc1. The molecule has 0 aliphatic carbocycles. The number of sulfone groups is 1. The molecule has 7 heteroatoms. The van der Waals surface area contributed by atoms with Crippen LogP contribution in [0, 0.1) is 12.8 Å². The highest BCUT2D eigenvalue weighted by atomic mass is 32.2. The van der Waals surface area contributed by atoms with Gasteiger partial charge in [-0.05, 0) is 37.6 Å². The highest BCUT2D eigenvalue weighted by Crippen LogP contribution is 2.29. The van der Waals surface area contributed by atoms with E-state index in [2.05, 4.69) is 0 Å². The Hall–Kier alpha value is -2.67. The lowest BCUT2D eigenvalue weighted by Crippen LogP contribution is -2.37. The summed E-state index contributed by atoms with van der Waals surface area (Å²) >= 11 is 0. The molecule has 2 unspecified atom stereocenters. The van der Waals surface area contributed by atoms with Gasteiger partial charge in [0.15, 0.2) is 9.84 Å². The number of amides is 2. The maximum Gasteiger partial charge on any atom is 0.228 e. The third-order valence-corrected chi connectivity index (χ3v) is 7.98. The second-order valence-corrected chi connectivity index (χ2v) is 10.0. The van der Waals surface area contributed by atoms with Crippen molar-refractivity contribution < 1.29 is 18.0 Å². The van der Waals surface area contributed by atoms with Crippen molar-refractivity contribution in [2.24, 2.45) is 5.92 Å². The maximum atomic E-state index is 13.0. The van der Waals surface area contributed by atoms with Crippen LogP contribution in [0.3, 0.4) is 0 Å². The molecule has 2 atom stereocenters. The quantitative estimate of drug-likeness (QED) is 0.773. The number of hydrogen-bond acceptors (Lipinski definition) is 4. The Kier molecular flexibility index (Phi) is 5.17. The zero-order valence-corrected chi connectivity index (χ0v) is 17.1. The van der Waals surface area contributed by atoms with Crippen LogP contribution in [-0.4, -0.2) is 50.0 Å². The molecule has 0 bridgehead atoms. The third kappa shape index (κ3) is 3.79. The van der Waals surface area contributed by atoms with E-state index in [4.69, 9.17) is 0 Å². The molecule has 4 rings (SSSR count).